The van der Waals surface area contributed by atoms with Crippen LogP contribution in [-0.2, 0) is 33.7 Å². The lowest BCUT2D eigenvalue weighted by atomic mass is 9.77. The van der Waals surface area contributed by atoms with Crippen molar-refractivity contribution in [2.24, 2.45) is 11.8 Å². The Balaban J connectivity index is 1.33. The molecule has 7 nitrogen and oxygen atoms in total. The first-order valence-electron chi connectivity index (χ1n) is 9.74. The van der Waals surface area contributed by atoms with E-state index in [1.54, 1.807) is 11.9 Å². The molecular weight excluding hydrogens is 344 g/mol. The molecule has 7 heteroatoms. The molecule has 3 aliphatic heterocycles. The summed E-state index contributed by atoms with van der Waals surface area (Å²) in [7, 11) is 1.76. The van der Waals surface area contributed by atoms with E-state index in [4.69, 9.17) is 4.74 Å². The van der Waals surface area contributed by atoms with Gasteiger partial charge in [0, 0.05) is 18.4 Å². The molecule has 4 aliphatic rings. The van der Waals surface area contributed by atoms with Crippen molar-refractivity contribution in [1.29, 1.82) is 0 Å². The second kappa shape index (κ2) is 5.86. The number of hydrogen-bond donors (Lipinski definition) is 1. The van der Waals surface area contributed by atoms with Crippen molar-refractivity contribution in [3.05, 3.63) is 34.9 Å². The fraction of sp³-hybridized carbons (Fsp3) is 0.600. The smallest absolute Gasteiger partial charge is 0.229 e. The Labute approximate surface area is 158 Å². The molecule has 2 bridgehead atoms. The van der Waals surface area contributed by atoms with Gasteiger partial charge in [0.1, 0.15) is 11.4 Å². The van der Waals surface area contributed by atoms with Crippen molar-refractivity contribution in [3.63, 3.8) is 0 Å². The Kier molecular flexibility index (Phi) is 3.66. The number of ether oxygens (including phenoxy) is 1. The van der Waals surface area contributed by atoms with Crippen molar-refractivity contribution >= 4 is 11.8 Å². The van der Waals surface area contributed by atoms with E-state index in [-0.39, 0.29) is 24.5 Å². The summed E-state index contributed by atoms with van der Waals surface area (Å²) < 4.78 is 6.04. The summed E-state index contributed by atoms with van der Waals surface area (Å²) in [5.41, 5.74) is 2.78. The van der Waals surface area contributed by atoms with Crippen LogP contribution in [0.15, 0.2) is 12.2 Å². The Morgan fingerprint density at radius 1 is 1.37 bits per heavy atom. The van der Waals surface area contributed by atoms with Gasteiger partial charge >= 0.3 is 0 Å². The quantitative estimate of drug-likeness (QED) is 0.794. The van der Waals surface area contributed by atoms with Crippen LogP contribution in [0.1, 0.15) is 35.6 Å². The van der Waals surface area contributed by atoms with Crippen LogP contribution in [0.5, 0.6) is 0 Å². The van der Waals surface area contributed by atoms with Gasteiger partial charge in [0.15, 0.2) is 0 Å². The average Bonchev–Trinajstić information content (AvgIpc) is 3.28. The predicted octanol–water partition coefficient (Wildman–Crippen LogP) is 0.692. The maximum atomic E-state index is 12.9. The van der Waals surface area contributed by atoms with Crippen molar-refractivity contribution < 1.29 is 14.3 Å². The number of aromatic nitrogens is 2. The summed E-state index contributed by atoms with van der Waals surface area (Å²) in [6.07, 6.45) is 7.93. The molecule has 5 rings (SSSR count). The summed E-state index contributed by atoms with van der Waals surface area (Å²) in [5.74, 6) is -0.428. The van der Waals surface area contributed by atoms with E-state index in [0.717, 1.165) is 30.7 Å². The predicted molar refractivity (Wildman–Crippen MR) is 96.6 cm³/mol. The van der Waals surface area contributed by atoms with Gasteiger partial charge in [0.25, 0.3) is 0 Å². The number of likely N-dealkylation sites (tertiary alicyclic amines) is 1. The lowest BCUT2D eigenvalue weighted by Gasteiger charge is -2.23. The number of likely N-dealkylation sites (N-methyl/N-ethyl adjacent to an activating group) is 1. The number of carbonyl (C=O) groups excluding carboxylic acids is 2. The molecule has 27 heavy (non-hydrogen) atoms. The largest absolute Gasteiger partial charge is 0.360 e. The van der Waals surface area contributed by atoms with Crippen LogP contribution in [-0.4, -0.2) is 52.0 Å². The molecule has 0 aromatic carbocycles. The number of fused-ring (bicyclic) bond motifs is 2. The molecule has 4 heterocycles. The van der Waals surface area contributed by atoms with Crippen molar-refractivity contribution in [3.8, 4) is 0 Å². The van der Waals surface area contributed by atoms with Gasteiger partial charge in [-0.25, -0.2) is 9.97 Å². The lowest BCUT2D eigenvalue weighted by Crippen LogP contribution is -2.44. The van der Waals surface area contributed by atoms with Crippen molar-refractivity contribution in [2.75, 3.05) is 13.6 Å². The summed E-state index contributed by atoms with van der Waals surface area (Å²) in [4.78, 5) is 36.4. The van der Waals surface area contributed by atoms with E-state index in [1.165, 1.54) is 12.0 Å². The van der Waals surface area contributed by atoms with Gasteiger partial charge in [-0.3, -0.25) is 9.59 Å². The van der Waals surface area contributed by atoms with E-state index in [0.29, 0.717) is 12.4 Å². The van der Waals surface area contributed by atoms with Crippen LogP contribution in [0.2, 0.25) is 0 Å². The number of aryl methyl sites for hydroxylation is 2. The topological polar surface area (TPSA) is 84.4 Å². The Morgan fingerprint density at radius 2 is 2.19 bits per heavy atom. The van der Waals surface area contributed by atoms with Crippen LogP contribution in [0, 0.1) is 18.8 Å². The second-order valence-corrected chi connectivity index (χ2v) is 8.17. The number of rotatable bonds is 3. The minimum atomic E-state index is -0.628. The van der Waals surface area contributed by atoms with E-state index < -0.39 is 17.4 Å². The molecule has 4 atom stereocenters. The molecule has 1 aromatic heterocycles. The van der Waals surface area contributed by atoms with E-state index in [9.17, 15) is 9.59 Å². The number of amides is 2. The third-order valence-electron chi connectivity index (χ3n) is 6.45. The molecular formula is C20H24N4O3. The molecule has 1 aromatic rings. The highest BCUT2D eigenvalue weighted by Gasteiger charge is 2.66. The Hall–Kier alpha value is -2.28. The maximum Gasteiger partial charge on any atom is 0.229 e. The molecule has 1 aliphatic carbocycles. The second-order valence-electron chi connectivity index (χ2n) is 8.17. The normalized spacial score (nSPS) is 33.3. The van der Waals surface area contributed by atoms with Crippen LogP contribution in [0.25, 0.3) is 0 Å². The van der Waals surface area contributed by atoms with Gasteiger partial charge in [-0.1, -0.05) is 12.2 Å². The van der Waals surface area contributed by atoms with Gasteiger partial charge in [-0.05, 0) is 38.2 Å². The number of carbonyl (C=O) groups is 2. The first-order valence-corrected chi connectivity index (χ1v) is 9.74. The van der Waals surface area contributed by atoms with E-state index in [2.05, 4.69) is 15.3 Å². The number of hydrogen-bond acceptors (Lipinski definition) is 5. The minimum Gasteiger partial charge on any atom is -0.360 e. The SMILES string of the molecule is Cc1nc(CNC(=O)C2C3C=CC4(CN(C)C(=O)C24)O3)nc2c1CCCC2. The molecule has 1 N–H and O–H groups in total. The highest BCUT2D eigenvalue weighted by Crippen LogP contribution is 2.51. The minimum absolute atomic E-state index is 0.0112. The standard InChI is InChI=1S/C20H24N4O3/c1-11-12-5-3-4-6-13(12)23-15(22-11)9-21-18(25)16-14-7-8-20(27-14)10-24(2)19(26)17(16)20/h7-8,14,16-17H,3-6,9-10H2,1-2H3,(H,21,25). The fourth-order valence-corrected chi connectivity index (χ4v) is 5.20. The molecule has 0 saturated carbocycles. The summed E-state index contributed by atoms with van der Waals surface area (Å²) >= 11 is 0. The molecule has 1 spiro atoms. The third kappa shape index (κ3) is 2.44. The highest BCUT2D eigenvalue weighted by atomic mass is 16.5. The van der Waals surface area contributed by atoms with Gasteiger partial charge < -0.3 is 15.0 Å². The molecule has 142 valence electrons. The molecule has 4 unspecified atom stereocenters. The Morgan fingerprint density at radius 3 is 3.04 bits per heavy atom. The van der Waals surface area contributed by atoms with Crippen LogP contribution in [0.4, 0.5) is 0 Å². The molecule has 2 amide bonds. The molecule has 0 radical (unpaired) electrons. The number of nitrogens with zero attached hydrogens (tertiary/aromatic N) is 3. The van der Waals surface area contributed by atoms with Crippen LogP contribution in [0.3, 0.4) is 0 Å². The zero-order chi connectivity index (χ0) is 18.8. The average molecular weight is 368 g/mol. The first-order chi connectivity index (χ1) is 13.0. The fourth-order valence-electron chi connectivity index (χ4n) is 5.20. The molecule has 2 fully saturated rings. The van der Waals surface area contributed by atoms with Crippen LogP contribution < -0.4 is 5.32 Å². The van der Waals surface area contributed by atoms with Gasteiger partial charge in [0.2, 0.25) is 11.8 Å². The zero-order valence-corrected chi connectivity index (χ0v) is 15.7. The monoisotopic (exact) mass is 368 g/mol. The number of nitrogens with one attached hydrogen (secondary N) is 1. The van der Waals surface area contributed by atoms with Gasteiger partial charge in [-0.2, -0.15) is 0 Å². The lowest BCUT2D eigenvalue weighted by molar-refractivity contribution is -0.136. The van der Waals surface area contributed by atoms with E-state index >= 15 is 0 Å². The Bertz CT molecular complexity index is 867. The summed E-state index contributed by atoms with van der Waals surface area (Å²) in [6, 6.07) is 0. The summed E-state index contributed by atoms with van der Waals surface area (Å²) in [5, 5.41) is 2.96. The zero-order valence-electron chi connectivity index (χ0n) is 15.7. The highest BCUT2D eigenvalue weighted by molar-refractivity contribution is 5.92. The van der Waals surface area contributed by atoms with E-state index in [1.807, 2.05) is 19.1 Å². The van der Waals surface area contributed by atoms with Crippen LogP contribution >= 0.6 is 0 Å². The molecule has 2 saturated heterocycles. The van der Waals surface area contributed by atoms with Gasteiger partial charge in [-0.15, -0.1) is 0 Å². The maximum absolute atomic E-state index is 12.9. The van der Waals surface area contributed by atoms with Crippen molar-refractivity contribution in [2.45, 2.75) is 50.9 Å². The third-order valence-corrected chi connectivity index (χ3v) is 6.45. The van der Waals surface area contributed by atoms with Gasteiger partial charge in [0.05, 0.1) is 31.0 Å². The summed E-state index contributed by atoms with van der Waals surface area (Å²) in [6.45, 7) is 2.81. The first kappa shape index (κ1) is 16.9. The van der Waals surface area contributed by atoms with Crippen molar-refractivity contribution in [1.82, 2.24) is 20.2 Å².